The maximum absolute atomic E-state index is 5.25. The Hall–Kier alpha value is -0.880. The molecule has 0 saturated heterocycles. The summed E-state index contributed by atoms with van der Waals surface area (Å²) in [7, 11) is 0. The van der Waals surface area contributed by atoms with Gasteiger partial charge in [-0.15, -0.1) is 0 Å². The van der Waals surface area contributed by atoms with Gasteiger partial charge in [-0.2, -0.15) is 5.10 Å². The Kier molecular flexibility index (Phi) is 7.84. The van der Waals surface area contributed by atoms with E-state index >= 15 is 0 Å². The van der Waals surface area contributed by atoms with E-state index in [-0.39, 0.29) is 5.11 Å². The summed E-state index contributed by atoms with van der Waals surface area (Å²) in [6.07, 6.45) is 1.71. The molecule has 3 N–H and O–H groups in total. The zero-order valence-electron chi connectivity index (χ0n) is 9.91. The molecular weight excluding hydrogens is 240 g/mol. The van der Waals surface area contributed by atoms with Gasteiger partial charge < -0.3 is 5.73 Å². The highest BCUT2D eigenvalue weighted by molar-refractivity contribution is 7.80. The van der Waals surface area contributed by atoms with E-state index in [1.807, 2.05) is 20.8 Å². The average Bonchev–Trinajstić information content (AvgIpc) is 2.20. The number of thiocarbonyl (C=S) groups is 2. The Morgan fingerprint density at radius 1 is 1.12 bits per heavy atom. The number of nitrogens with two attached hydrogens (primary N) is 1. The molecule has 0 aliphatic heterocycles. The lowest BCUT2D eigenvalue weighted by molar-refractivity contribution is 0.992. The summed E-state index contributed by atoms with van der Waals surface area (Å²) in [4.78, 5) is 5.24. The summed E-state index contributed by atoms with van der Waals surface area (Å²) >= 11 is 9.59. The van der Waals surface area contributed by atoms with E-state index < -0.39 is 0 Å². The molecule has 0 aromatic heterocycles. The van der Waals surface area contributed by atoms with E-state index in [0.717, 1.165) is 29.1 Å². The van der Waals surface area contributed by atoms with E-state index in [1.54, 1.807) is 0 Å². The Bertz CT molecular complexity index is 289. The third kappa shape index (κ3) is 9.67. The first-order chi connectivity index (χ1) is 7.41. The molecule has 0 rings (SSSR count). The van der Waals surface area contributed by atoms with Gasteiger partial charge in [0.2, 0.25) is 0 Å². The number of nitrogens with zero attached hydrogens (tertiary/aromatic N) is 2. The Labute approximate surface area is 107 Å². The van der Waals surface area contributed by atoms with Crippen LogP contribution in [0.25, 0.3) is 0 Å². The molecular formula is C10H18N4S2. The molecule has 0 spiro atoms. The highest BCUT2D eigenvalue weighted by atomic mass is 32.1. The lowest BCUT2D eigenvalue weighted by atomic mass is 10.2. The molecule has 0 aromatic rings. The molecule has 0 unspecified atom stereocenters. The first-order valence-electron chi connectivity index (χ1n) is 4.99. The molecule has 0 bridgehead atoms. The molecule has 0 aliphatic rings. The minimum atomic E-state index is 0.182. The van der Waals surface area contributed by atoms with Crippen LogP contribution in [0.3, 0.4) is 0 Å². The highest BCUT2D eigenvalue weighted by Crippen LogP contribution is 1.96. The van der Waals surface area contributed by atoms with E-state index in [0.29, 0.717) is 6.54 Å². The highest BCUT2D eigenvalue weighted by Gasteiger charge is 1.96. The van der Waals surface area contributed by atoms with Crippen LogP contribution in [-0.2, 0) is 0 Å². The van der Waals surface area contributed by atoms with Gasteiger partial charge >= 0.3 is 0 Å². The van der Waals surface area contributed by atoms with Gasteiger partial charge in [0.05, 0.1) is 6.54 Å². The number of hydrazone groups is 1. The zero-order chi connectivity index (χ0) is 12.6. The Morgan fingerprint density at radius 3 is 2.19 bits per heavy atom. The van der Waals surface area contributed by atoms with Crippen molar-refractivity contribution in [3.63, 3.8) is 0 Å². The van der Waals surface area contributed by atoms with E-state index in [1.165, 1.54) is 0 Å². The third-order valence-corrected chi connectivity index (χ3v) is 2.00. The second-order valence-electron chi connectivity index (χ2n) is 3.58. The van der Waals surface area contributed by atoms with Crippen LogP contribution in [0.4, 0.5) is 0 Å². The summed E-state index contributed by atoms with van der Waals surface area (Å²) in [5.41, 5.74) is 9.83. The monoisotopic (exact) mass is 258 g/mol. The summed E-state index contributed by atoms with van der Waals surface area (Å²) < 4.78 is 0. The van der Waals surface area contributed by atoms with Crippen molar-refractivity contribution in [3.8, 4) is 0 Å². The van der Waals surface area contributed by atoms with Gasteiger partial charge in [0.1, 0.15) is 0 Å². The lowest BCUT2D eigenvalue weighted by Gasteiger charge is -2.02. The van der Waals surface area contributed by atoms with Crippen molar-refractivity contribution in [3.05, 3.63) is 0 Å². The quantitative estimate of drug-likeness (QED) is 0.433. The van der Waals surface area contributed by atoms with E-state index in [4.69, 9.17) is 18.0 Å². The van der Waals surface area contributed by atoms with Crippen LogP contribution in [0, 0.1) is 0 Å². The Balaban J connectivity index is 3.95. The maximum Gasteiger partial charge on any atom is 0.184 e. The maximum atomic E-state index is 5.25. The standard InChI is InChI=1S/C10H18N4S2/c1-7(12-6-9(3)15)4-5-8(2)13-14-10(11)16/h4-6H2,1-3H3,(H3,11,14,16)/b12-7?,13-8+. The molecule has 4 nitrogen and oxygen atoms in total. The molecule has 0 amide bonds. The normalized spacial score (nSPS) is 12.4. The largest absolute Gasteiger partial charge is 0.375 e. The summed E-state index contributed by atoms with van der Waals surface area (Å²) in [5.74, 6) is 0. The smallest absolute Gasteiger partial charge is 0.184 e. The van der Waals surface area contributed by atoms with Crippen molar-refractivity contribution < 1.29 is 0 Å². The molecule has 0 aromatic carbocycles. The molecule has 0 aliphatic carbocycles. The van der Waals surface area contributed by atoms with Crippen LogP contribution >= 0.6 is 24.4 Å². The number of nitrogens with one attached hydrogen (secondary N) is 1. The van der Waals surface area contributed by atoms with E-state index in [9.17, 15) is 0 Å². The van der Waals surface area contributed by atoms with Crippen molar-refractivity contribution in [1.82, 2.24) is 5.43 Å². The second-order valence-corrected chi connectivity index (χ2v) is 4.71. The van der Waals surface area contributed by atoms with Crippen LogP contribution in [0.15, 0.2) is 10.1 Å². The molecule has 0 saturated carbocycles. The van der Waals surface area contributed by atoms with Crippen molar-refractivity contribution in [1.29, 1.82) is 0 Å². The fourth-order valence-electron chi connectivity index (χ4n) is 0.894. The molecule has 0 heterocycles. The van der Waals surface area contributed by atoms with Crippen LogP contribution in [0.5, 0.6) is 0 Å². The van der Waals surface area contributed by atoms with Crippen LogP contribution in [0.1, 0.15) is 33.6 Å². The number of rotatable bonds is 6. The first kappa shape index (κ1) is 15.1. The van der Waals surface area contributed by atoms with Gasteiger partial charge in [0.15, 0.2) is 5.11 Å². The van der Waals surface area contributed by atoms with Crippen LogP contribution < -0.4 is 11.2 Å². The lowest BCUT2D eigenvalue weighted by Crippen LogP contribution is -2.25. The van der Waals surface area contributed by atoms with Gasteiger partial charge in [-0.25, -0.2) is 0 Å². The molecule has 16 heavy (non-hydrogen) atoms. The predicted molar refractivity (Wildman–Crippen MR) is 78.5 cm³/mol. The molecule has 0 atom stereocenters. The molecule has 0 radical (unpaired) electrons. The van der Waals surface area contributed by atoms with Crippen molar-refractivity contribution in [2.45, 2.75) is 33.6 Å². The van der Waals surface area contributed by atoms with Gasteiger partial charge in [-0.3, -0.25) is 10.4 Å². The van der Waals surface area contributed by atoms with Gasteiger partial charge in [-0.1, -0.05) is 12.2 Å². The molecule has 6 heteroatoms. The van der Waals surface area contributed by atoms with Crippen LogP contribution in [0.2, 0.25) is 0 Å². The summed E-state index contributed by atoms with van der Waals surface area (Å²) in [5, 5.41) is 4.19. The zero-order valence-corrected chi connectivity index (χ0v) is 11.5. The van der Waals surface area contributed by atoms with Crippen LogP contribution in [-0.4, -0.2) is 27.9 Å². The third-order valence-electron chi connectivity index (χ3n) is 1.78. The van der Waals surface area contributed by atoms with E-state index in [2.05, 4.69) is 27.7 Å². The summed E-state index contributed by atoms with van der Waals surface area (Å²) in [6, 6.07) is 0. The number of aliphatic imine (C=N–C) groups is 1. The Morgan fingerprint density at radius 2 is 1.69 bits per heavy atom. The van der Waals surface area contributed by atoms with Gasteiger partial charge in [0, 0.05) is 16.3 Å². The summed E-state index contributed by atoms with van der Waals surface area (Å²) in [6.45, 7) is 6.43. The second kappa shape index (κ2) is 8.29. The van der Waals surface area contributed by atoms with Crippen molar-refractivity contribution in [2.24, 2.45) is 15.8 Å². The SMILES string of the molecule is CC(=S)CN=C(C)CC/C(C)=N/NC(N)=S. The first-order valence-corrected chi connectivity index (χ1v) is 5.81. The van der Waals surface area contributed by atoms with Gasteiger partial charge in [0.25, 0.3) is 0 Å². The predicted octanol–water partition coefficient (Wildman–Crippen LogP) is 1.83. The number of hydrogen-bond acceptors (Lipinski definition) is 4. The minimum absolute atomic E-state index is 0.182. The molecule has 0 fully saturated rings. The molecule has 90 valence electrons. The van der Waals surface area contributed by atoms with Crippen molar-refractivity contribution in [2.75, 3.05) is 6.54 Å². The topological polar surface area (TPSA) is 62.8 Å². The fraction of sp³-hybridized carbons (Fsp3) is 0.600. The van der Waals surface area contributed by atoms with Crippen molar-refractivity contribution >= 4 is 45.8 Å². The number of hydrogen-bond donors (Lipinski definition) is 2. The van der Waals surface area contributed by atoms with Gasteiger partial charge in [-0.05, 0) is 45.8 Å². The minimum Gasteiger partial charge on any atom is -0.375 e. The fourth-order valence-corrected chi connectivity index (χ4v) is 1.00. The average molecular weight is 258 g/mol.